The number of anilines is 1. The van der Waals surface area contributed by atoms with Crippen LogP contribution in [-0.2, 0) is 25.5 Å². The Morgan fingerprint density at radius 3 is 2.48 bits per heavy atom. The van der Waals surface area contributed by atoms with Gasteiger partial charge in [-0.25, -0.2) is 4.79 Å². The summed E-state index contributed by atoms with van der Waals surface area (Å²) in [6.07, 6.45) is 2.27. The zero-order valence-electron chi connectivity index (χ0n) is 12.5. The number of aromatic nitrogens is 1. The number of ether oxygens (including phenoxy) is 1. The van der Waals surface area contributed by atoms with E-state index in [1.807, 2.05) is 0 Å². The lowest BCUT2D eigenvalue weighted by molar-refractivity contribution is 0.0636. The quantitative estimate of drug-likeness (QED) is 0.834. The maximum Gasteiger partial charge on any atom is 0.412 e. The average Bonchev–Trinajstić information content (AvgIpc) is 2.27. The summed E-state index contributed by atoms with van der Waals surface area (Å²) >= 11 is 0. The predicted molar refractivity (Wildman–Crippen MR) is 78.6 cm³/mol. The summed E-state index contributed by atoms with van der Waals surface area (Å²) in [6, 6.07) is 3.34. The molecule has 0 radical (unpaired) electrons. The smallest absolute Gasteiger partial charge is 0.412 e. The Morgan fingerprint density at radius 2 is 2.00 bits per heavy atom. The molecule has 0 fully saturated rings. The first kappa shape index (κ1) is 17.4. The Hall–Kier alpha value is -1.67. The van der Waals surface area contributed by atoms with Crippen LogP contribution in [0.3, 0.4) is 0 Å². The maximum absolute atomic E-state index is 11.5. The molecule has 1 aromatic rings. The molecule has 1 aromatic heterocycles. The molecule has 1 N–H and O–H groups in total. The molecule has 1 heterocycles. The standard InChI is InChI=1S/C13H20N2O5S/c1-13(2,3)20-12(16)15-11-6-5-10(14-9-11)7-8-19-21(4,17)18/h5-6,9H,7-8H2,1-4H3,(H,15,16). The number of pyridine rings is 1. The van der Waals surface area contributed by atoms with Gasteiger partial charge in [0.05, 0.1) is 24.7 Å². The van der Waals surface area contributed by atoms with E-state index in [1.165, 1.54) is 6.20 Å². The van der Waals surface area contributed by atoms with Crippen LogP contribution in [0.1, 0.15) is 26.5 Å². The number of nitrogens with one attached hydrogen (secondary N) is 1. The molecule has 0 aromatic carbocycles. The van der Waals surface area contributed by atoms with Gasteiger partial charge < -0.3 is 4.74 Å². The SMILES string of the molecule is CC(C)(C)OC(=O)Nc1ccc(CCOS(C)(=O)=O)nc1. The first-order valence-corrected chi connectivity index (χ1v) is 8.16. The van der Waals surface area contributed by atoms with Gasteiger partial charge >= 0.3 is 6.09 Å². The highest BCUT2D eigenvalue weighted by atomic mass is 32.2. The normalized spacial score (nSPS) is 12.0. The van der Waals surface area contributed by atoms with Crippen LogP contribution < -0.4 is 5.32 Å². The van der Waals surface area contributed by atoms with Gasteiger partial charge in [-0.2, -0.15) is 8.42 Å². The molecular formula is C13H20N2O5S. The van der Waals surface area contributed by atoms with Crippen molar-refractivity contribution in [1.29, 1.82) is 0 Å². The highest BCUT2D eigenvalue weighted by molar-refractivity contribution is 7.85. The van der Waals surface area contributed by atoms with Gasteiger partial charge in [0, 0.05) is 12.1 Å². The minimum atomic E-state index is -3.44. The van der Waals surface area contributed by atoms with E-state index < -0.39 is 21.8 Å². The van der Waals surface area contributed by atoms with Crippen molar-refractivity contribution in [3.8, 4) is 0 Å². The molecule has 0 unspecified atom stereocenters. The van der Waals surface area contributed by atoms with E-state index in [0.29, 0.717) is 17.8 Å². The minimum Gasteiger partial charge on any atom is -0.444 e. The van der Waals surface area contributed by atoms with Gasteiger partial charge in [0.2, 0.25) is 0 Å². The summed E-state index contributed by atoms with van der Waals surface area (Å²) < 4.78 is 31.3. The molecule has 0 saturated heterocycles. The zero-order chi connectivity index (χ0) is 16.1. The summed E-state index contributed by atoms with van der Waals surface area (Å²) in [5, 5.41) is 2.56. The first-order valence-electron chi connectivity index (χ1n) is 6.34. The van der Waals surface area contributed by atoms with Gasteiger partial charge in [0.15, 0.2) is 0 Å². The van der Waals surface area contributed by atoms with Crippen LogP contribution >= 0.6 is 0 Å². The summed E-state index contributed by atoms with van der Waals surface area (Å²) in [7, 11) is -3.44. The summed E-state index contributed by atoms with van der Waals surface area (Å²) in [4.78, 5) is 15.7. The van der Waals surface area contributed by atoms with Crippen LogP contribution in [0.25, 0.3) is 0 Å². The number of hydrogen-bond donors (Lipinski definition) is 1. The summed E-state index contributed by atoms with van der Waals surface area (Å²) in [5.74, 6) is 0. The number of carbonyl (C=O) groups excluding carboxylic acids is 1. The van der Waals surface area contributed by atoms with Crippen molar-refractivity contribution in [3.63, 3.8) is 0 Å². The second-order valence-corrected chi connectivity index (χ2v) is 7.09. The third kappa shape index (κ3) is 8.26. The second-order valence-electron chi connectivity index (χ2n) is 5.44. The summed E-state index contributed by atoms with van der Waals surface area (Å²) in [6.45, 7) is 5.35. The van der Waals surface area contributed by atoms with Gasteiger partial charge in [-0.05, 0) is 32.9 Å². The van der Waals surface area contributed by atoms with Crippen molar-refractivity contribution in [2.75, 3.05) is 18.2 Å². The summed E-state index contributed by atoms with van der Waals surface area (Å²) in [5.41, 5.74) is 0.589. The van der Waals surface area contributed by atoms with Crippen molar-refractivity contribution >= 4 is 21.9 Å². The molecule has 0 aliphatic heterocycles. The number of hydrogen-bond acceptors (Lipinski definition) is 6. The van der Waals surface area contributed by atoms with Gasteiger partial charge in [-0.1, -0.05) is 0 Å². The Bertz CT molecular complexity index is 576. The van der Waals surface area contributed by atoms with Crippen molar-refractivity contribution in [2.45, 2.75) is 32.8 Å². The molecule has 0 saturated carbocycles. The Balaban J connectivity index is 2.49. The van der Waals surface area contributed by atoms with Crippen LogP contribution in [0.15, 0.2) is 18.3 Å². The molecular weight excluding hydrogens is 296 g/mol. The lowest BCUT2D eigenvalue weighted by Gasteiger charge is -2.19. The third-order valence-electron chi connectivity index (χ3n) is 2.13. The topological polar surface area (TPSA) is 94.6 Å². The Kier molecular flexibility index (Phi) is 5.68. The molecule has 1 rings (SSSR count). The van der Waals surface area contributed by atoms with Crippen LogP contribution in [0, 0.1) is 0 Å². The molecule has 7 nitrogen and oxygen atoms in total. The van der Waals surface area contributed by atoms with Crippen molar-refractivity contribution in [1.82, 2.24) is 4.98 Å². The van der Waals surface area contributed by atoms with Gasteiger partial charge in [-0.3, -0.25) is 14.5 Å². The number of amides is 1. The van der Waals surface area contributed by atoms with Crippen LogP contribution in [0.4, 0.5) is 10.5 Å². The molecule has 1 amide bonds. The van der Waals surface area contributed by atoms with Crippen molar-refractivity contribution in [3.05, 3.63) is 24.0 Å². The lowest BCUT2D eigenvalue weighted by atomic mass is 10.2. The van der Waals surface area contributed by atoms with Crippen LogP contribution in [0.5, 0.6) is 0 Å². The fourth-order valence-electron chi connectivity index (χ4n) is 1.37. The Labute approximate surface area is 124 Å². The second kappa shape index (κ2) is 6.86. The van der Waals surface area contributed by atoms with Gasteiger partial charge in [0.25, 0.3) is 10.1 Å². The third-order valence-corrected chi connectivity index (χ3v) is 2.72. The van der Waals surface area contributed by atoms with Gasteiger partial charge in [-0.15, -0.1) is 0 Å². The number of nitrogens with zero attached hydrogens (tertiary/aromatic N) is 1. The number of rotatable bonds is 5. The number of carbonyl (C=O) groups is 1. The van der Waals surface area contributed by atoms with E-state index in [1.54, 1.807) is 32.9 Å². The van der Waals surface area contributed by atoms with Gasteiger partial charge in [0.1, 0.15) is 5.60 Å². The monoisotopic (exact) mass is 316 g/mol. The lowest BCUT2D eigenvalue weighted by Crippen LogP contribution is -2.27. The average molecular weight is 316 g/mol. The largest absolute Gasteiger partial charge is 0.444 e. The highest BCUT2D eigenvalue weighted by Crippen LogP contribution is 2.11. The van der Waals surface area contributed by atoms with E-state index >= 15 is 0 Å². The van der Waals surface area contributed by atoms with Crippen molar-refractivity contribution < 1.29 is 22.1 Å². The zero-order valence-corrected chi connectivity index (χ0v) is 13.4. The molecule has 0 bridgehead atoms. The molecule has 8 heteroatoms. The van der Waals surface area contributed by atoms with E-state index in [-0.39, 0.29) is 6.61 Å². The first-order chi connectivity index (χ1) is 9.55. The minimum absolute atomic E-state index is 0.0324. The van der Waals surface area contributed by atoms with E-state index in [4.69, 9.17) is 4.74 Å². The Morgan fingerprint density at radius 1 is 1.33 bits per heavy atom. The molecule has 118 valence electrons. The van der Waals surface area contributed by atoms with Crippen LogP contribution in [-0.4, -0.2) is 38.0 Å². The molecule has 0 atom stereocenters. The molecule has 0 aliphatic rings. The van der Waals surface area contributed by atoms with E-state index in [2.05, 4.69) is 14.5 Å². The fourth-order valence-corrected chi connectivity index (χ4v) is 1.75. The highest BCUT2D eigenvalue weighted by Gasteiger charge is 2.16. The van der Waals surface area contributed by atoms with Crippen LogP contribution in [0.2, 0.25) is 0 Å². The molecule has 0 aliphatic carbocycles. The van der Waals surface area contributed by atoms with Crippen molar-refractivity contribution in [2.24, 2.45) is 0 Å². The van der Waals surface area contributed by atoms with E-state index in [9.17, 15) is 13.2 Å². The molecule has 21 heavy (non-hydrogen) atoms. The molecule has 0 spiro atoms. The fraction of sp³-hybridized carbons (Fsp3) is 0.538. The van der Waals surface area contributed by atoms with E-state index in [0.717, 1.165) is 6.26 Å². The predicted octanol–water partition coefficient (Wildman–Crippen LogP) is 1.95. The maximum atomic E-state index is 11.5.